The Morgan fingerprint density at radius 3 is 2.69 bits per heavy atom. The zero-order valence-electron chi connectivity index (χ0n) is 7.69. The molecule has 1 aliphatic heterocycles. The maximum atomic E-state index is 11.9. The molecule has 1 saturated heterocycles. The monoisotopic (exact) mass is 196 g/mol. The second-order valence-corrected chi connectivity index (χ2v) is 3.45. The van der Waals surface area contributed by atoms with Crippen LogP contribution in [0.25, 0.3) is 0 Å². The summed E-state index contributed by atoms with van der Waals surface area (Å²) >= 11 is 0. The van der Waals surface area contributed by atoms with Crippen LogP contribution in [0.1, 0.15) is 13.3 Å². The summed E-state index contributed by atoms with van der Waals surface area (Å²) in [5.74, 6) is 0. The van der Waals surface area contributed by atoms with Crippen LogP contribution in [-0.2, 0) is 0 Å². The van der Waals surface area contributed by atoms with E-state index in [9.17, 15) is 13.2 Å². The predicted octanol–water partition coefficient (Wildman–Crippen LogP) is 1.23. The fourth-order valence-corrected chi connectivity index (χ4v) is 1.49. The molecule has 0 aliphatic carbocycles. The van der Waals surface area contributed by atoms with Crippen LogP contribution in [0.15, 0.2) is 0 Å². The van der Waals surface area contributed by atoms with Crippen LogP contribution in [-0.4, -0.2) is 43.3 Å². The highest BCUT2D eigenvalue weighted by Crippen LogP contribution is 2.20. The van der Waals surface area contributed by atoms with E-state index in [0.717, 1.165) is 19.6 Å². The summed E-state index contributed by atoms with van der Waals surface area (Å²) in [4.78, 5) is 1.88. The van der Waals surface area contributed by atoms with E-state index in [0.29, 0.717) is 0 Å². The number of nitrogens with zero attached hydrogens (tertiary/aromatic N) is 1. The quantitative estimate of drug-likeness (QED) is 0.714. The van der Waals surface area contributed by atoms with Crippen molar-refractivity contribution in [3.63, 3.8) is 0 Å². The highest BCUT2D eigenvalue weighted by molar-refractivity contribution is 4.76. The number of hydrogen-bond acceptors (Lipinski definition) is 2. The fourth-order valence-electron chi connectivity index (χ4n) is 1.49. The Morgan fingerprint density at radius 1 is 1.46 bits per heavy atom. The maximum absolute atomic E-state index is 11.9. The average molecular weight is 196 g/mol. The van der Waals surface area contributed by atoms with E-state index in [1.807, 2.05) is 11.8 Å². The van der Waals surface area contributed by atoms with Gasteiger partial charge in [-0.1, -0.05) is 0 Å². The first-order valence-corrected chi connectivity index (χ1v) is 4.50. The van der Waals surface area contributed by atoms with Crippen LogP contribution in [0.2, 0.25) is 0 Å². The Kier molecular flexibility index (Phi) is 3.55. The Balaban J connectivity index is 2.27. The van der Waals surface area contributed by atoms with Gasteiger partial charge in [-0.2, -0.15) is 13.2 Å². The van der Waals surface area contributed by atoms with Crippen LogP contribution in [0.3, 0.4) is 0 Å². The molecule has 1 atom stereocenters. The molecule has 13 heavy (non-hydrogen) atoms. The van der Waals surface area contributed by atoms with Gasteiger partial charge in [-0.3, -0.25) is 4.90 Å². The molecule has 5 heteroatoms. The minimum absolute atomic E-state index is 0.131. The Labute approximate surface area is 76.1 Å². The van der Waals surface area contributed by atoms with E-state index in [2.05, 4.69) is 5.32 Å². The van der Waals surface area contributed by atoms with Crippen molar-refractivity contribution in [2.24, 2.45) is 0 Å². The fraction of sp³-hybridized carbons (Fsp3) is 1.00. The Hall–Kier alpha value is -0.290. The van der Waals surface area contributed by atoms with Gasteiger partial charge in [0, 0.05) is 32.2 Å². The minimum atomic E-state index is -4.02. The van der Waals surface area contributed by atoms with Gasteiger partial charge in [0.1, 0.15) is 0 Å². The molecule has 0 aromatic heterocycles. The van der Waals surface area contributed by atoms with Crippen LogP contribution >= 0.6 is 0 Å². The van der Waals surface area contributed by atoms with Crippen LogP contribution in [0.4, 0.5) is 13.2 Å². The highest BCUT2D eigenvalue weighted by Gasteiger charge is 2.29. The van der Waals surface area contributed by atoms with Gasteiger partial charge in [-0.25, -0.2) is 0 Å². The van der Waals surface area contributed by atoms with Gasteiger partial charge in [0.15, 0.2) is 0 Å². The first kappa shape index (κ1) is 10.8. The molecule has 0 aromatic carbocycles. The molecule has 0 unspecified atom stereocenters. The molecule has 0 saturated carbocycles. The first-order chi connectivity index (χ1) is 5.99. The molecule has 0 aromatic rings. The van der Waals surface area contributed by atoms with Gasteiger partial charge < -0.3 is 5.32 Å². The predicted molar refractivity (Wildman–Crippen MR) is 44.6 cm³/mol. The van der Waals surface area contributed by atoms with E-state index in [4.69, 9.17) is 0 Å². The summed E-state index contributed by atoms with van der Waals surface area (Å²) < 4.78 is 35.7. The van der Waals surface area contributed by atoms with E-state index >= 15 is 0 Å². The topological polar surface area (TPSA) is 15.3 Å². The van der Waals surface area contributed by atoms with Crippen molar-refractivity contribution < 1.29 is 13.2 Å². The molecule has 2 nitrogen and oxygen atoms in total. The normalized spacial score (nSPS) is 26.3. The van der Waals surface area contributed by atoms with E-state index < -0.39 is 12.6 Å². The summed E-state index contributed by atoms with van der Waals surface area (Å²) in [7, 11) is 0. The van der Waals surface area contributed by atoms with Crippen molar-refractivity contribution in [3.8, 4) is 0 Å². The van der Waals surface area contributed by atoms with Gasteiger partial charge in [0.25, 0.3) is 0 Å². The third kappa shape index (κ3) is 3.95. The van der Waals surface area contributed by atoms with Crippen molar-refractivity contribution in [1.82, 2.24) is 10.2 Å². The molecule has 0 radical (unpaired) electrons. The third-order valence-corrected chi connectivity index (χ3v) is 2.32. The molecule has 1 rings (SSSR count). The second kappa shape index (κ2) is 4.28. The molecular weight excluding hydrogens is 181 g/mol. The smallest absolute Gasteiger partial charge is 0.314 e. The molecule has 78 valence electrons. The summed E-state index contributed by atoms with van der Waals surface area (Å²) in [5.41, 5.74) is 0. The molecule has 1 fully saturated rings. The lowest BCUT2D eigenvalue weighted by atomic mass is 10.2. The van der Waals surface area contributed by atoms with Crippen molar-refractivity contribution >= 4 is 0 Å². The largest absolute Gasteiger partial charge is 0.390 e. The van der Waals surface area contributed by atoms with E-state index in [1.54, 1.807) is 0 Å². The number of nitrogens with one attached hydrogen (secondary N) is 1. The van der Waals surface area contributed by atoms with Crippen molar-refractivity contribution in [2.45, 2.75) is 25.6 Å². The number of halogens is 3. The maximum Gasteiger partial charge on any atom is 0.390 e. The molecule has 1 heterocycles. The lowest BCUT2D eigenvalue weighted by molar-refractivity contribution is -0.139. The van der Waals surface area contributed by atoms with Crippen LogP contribution in [0.5, 0.6) is 0 Å². The summed E-state index contributed by atoms with van der Waals surface area (Å²) in [5, 5.41) is 3.14. The molecule has 0 amide bonds. The van der Waals surface area contributed by atoms with Gasteiger partial charge in [0.2, 0.25) is 0 Å². The Morgan fingerprint density at radius 2 is 2.15 bits per heavy atom. The molecule has 0 spiro atoms. The number of alkyl halides is 3. The second-order valence-electron chi connectivity index (χ2n) is 3.45. The van der Waals surface area contributed by atoms with Crippen molar-refractivity contribution in [1.29, 1.82) is 0 Å². The zero-order chi connectivity index (χ0) is 9.90. The lowest BCUT2D eigenvalue weighted by Gasteiger charge is -2.33. The van der Waals surface area contributed by atoms with Crippen LogP contribution < -0.4 is 5.32 Å². The summed E-state index contributed by atoms with van der Waals surface area (Å²) in [6.45, 7) is 4.38. The SMILES string of the molecule is C[C@H]1CNCCN1CCC(F)(F)F. The van der Waals surface area contributed by atoms with Crippen molar-refractivity contribution in [3.05, 3.63) is 0 Å². The van der Waals surface area contributed by atoms with E-state index in [1.165, 1.54) is 0 Å². The number of rotatable bonds is 2. The molecular formula is C8H15F3N2. The highest BCUT2D eigenvalue weighted by atomic mass is 19.4. The summed E-state index contributed by atoms with van der Waals surface area (Å²) in [6.07, 6.45) is -4.72. The first-order valence-electron chi connectivity index (χ1n) is 4.50. The number of hydrogen-bond donors (Lipinski definition) is 1. The third-order valence-electron chi connectivity index (χ3n) is 2.32. The van der Waals surface area contributed by atoms with Gasteiger partial charge in [-0.15, -0.1) is 0 Å². The van der Waals surface area contributed by atoms with Crippen LogP contribution in [0, 0.1) is 0 Å². The summed E-state index contributed by atoms with van der Waals surface area (Å²) in [6, 6.07) is 0.219. The lowest BCUT2D eigenvalue weighted by Crippen LogP contribution is -2.50. The Bertz CT molecular complexity index is 158. The van der Waals surface area contributed by atoms with Crippen molar-refractivity contribution in [2.75, 3.05) is 26.2 Å². The molecule has 1 aliphatic rings. The van der Waals surface area contributed by atoms with Gasteiger partial charge in [0.05, 0.1) is 6.42 Å². The zero-order valence-corrected chi connectivity index (χ0v) is 7.69. The van der Waals surface area contributed by atoms with Gasteiger partial charge in [-0.05, 0) is 6.92 Å². The standard InChI is InChI=1S/C8H15F3N2/c1-7-6-12-3-5-13(7)4-2-8(9,10)11/h7,12H,2-6H2,1H3/t7-/m0/s1. The average Bonchev–Trinajstić information content (AvgIpc) is 2.01. The molecule has 1 N–H and O–H groups in total. The molecule has 0 bridgehead atoms. The van der Waals surface area contributed by atoms with Gasteiger partial charge >= 0.3 is 6.18 Å². The minimum Gasteiger partial charge on any atom is -0.314 e. The number of piperazine rings is 1. The van der Waals surface area contributed by atoms with E-state index in [-0.39, 0.29) is 12.6 Å².